The van der Waals surface area contributed by atoms with Gasteiger partial charge in [0.1, 0.15) is 23.4 Å². The SMILES string of the molecule is CN(CCOCCN(C)C(=O)[C@@H]1C[C@H](N=[N+]=[N-])CN1C(=O)COc1ccc2c(=O)oc(=O)n(C)c2c1)C(=O)CCC12c3cc(CC(=O)CCCCCCCN)ccc3C(c3ccc(CC(=O)CCCCCCCN)cc31)c1ccc(NC(=O)CCCCCCCN)cc12. The molecule has 1 saturated heterocycles. The van der Waals surface area contributed by atoms with Gasteiger partial charge in [0.15, 0.2) is 6.61 Å². The highest BCUT2D eigenvalue weighted by molar-refractivity contribution is 5.92. The van der Waals surface area contributed by atoms with Gasteiger partial charge in [0.05, 0.1) is 30.2 Å². The average molecular weight is 1280 g/mol. The number of amides is 4. The molecule has 3 aliphatic carbocycles. The smallest absolute Gasteiger partial charge is 0.422 e. The van der Waals surface area contributed by atoms with E-state index in [0.717, 1.165) is 145 Å². The number of hydrogen-bond acceptors (Lipinski definition) is 15. The van der Waals surface area contributed by atoms with Crippen LogP contribution in [0.25, 0.3) is 21.3 Å². The normalized spacial score (nSPS) is 16.7. The Morgan fingerprint density at radius 2 is 1.22 bits per heavy atom. The van der Waals surface area contributed by atoms with E-state index in [1.54, 1.807) is 19.0 Å². The lowest BCUT2D eigenvalue weighted by Crippen LogP contribution is -2.48. The number of benzene rings is 4. The number of fused-ring (bicyclic) bond motifs is 1. The van der Waals surface area contributed by atoms with E-state index in [1.165, 1.54) is 35.0 Å². The number of Topliss-reactive ketones (excluding diaryl/α,β-unsaturated/α-hetero) is 2. The van der Waals surface area contributed by atoms with E-state index >= 15 is 0 Å². The quantitative estimate of drug-likeness (QED) is 0.0123. The first kappa shape index (κ1) is 70.9. The fourth-order valence-corrected chi connectivity index (χ4v) is 13.6. The zero-order valence-electron chi connectivity index (χ0n) is 54.6. The number of nitrogens with one attached hydrogen (secondary N) is 1. The lowest BCUT2D eigenvalue weighted by Gasteiger charge is -2.51. The fourth-order valence-electron chi connectivity index (χ4n) is 13.6. The molecule has 9 rings (SSSR count). The van der Waals surface area contributed by atoms with Crippen molar-refractivity contribution in [2.75, 3.05) is 78.5 Å². The summed E-state index contributed by atoms with van der Waals surface area (Å²) < 4.78 is 17.7. The minimum atomic E-state index is -0.962. The number of likely N-dealkylation sites (N-methyl/N-ethyl adjacent to an activating group) is 2. The molecule has 2 heterocycles. The second-order valence-electron chi connectivity index (χ2n) is 25.4. The van der Waals surface area contributed by atoms with Crippen LogP contribution >= 0.6 is 0 Å². The molecule has 93 heavy (non-hydrogen) atoms. The highest BCUT2D eigenvalue weighted by Crippen LogP contribution is 2.61. The Kier molecular flexibility index (Phi) is 26.5. The minimum absolute atomic E-state index is 0.0124. The van der Waals surface area contributed by atoms with Gasteiger partial charge in [-0.05, 0) is 145 Å². The molecule has 1 aliphatic heterocycles. The molecule has 0 spiro atoms. The van der Waals surface area contributed by atoms with Gasteiger partial charge in [0.25, 0.3) is 5.91 Å². The van der Waals surface area contributed by atoms with E-state index in [-0.39, 0.29) is 104 Å². The van der Waals surface area contributed by atoms with E-state index < -0.39 is 47.3 Å². The lowest BCUT2D eigenvalue weighted by atomic mass is 9.51. The van der Waals surface area contributed by atoms with E-state index in [9.17, 15) is 43.9 Å². The zero-order valence-corrected chi connectivity index (χ0v) is 54.6. The van der Waals surface area contributed by atoms with Gasteiger partial charge in [-0.3, -0.25) is 33.3 Å². The molecule has 22 heteroatoms. The van der Waals surface area contributed by atoms with Gasteiger partial charge in [-0.1, -0.05) is 105 Å². The molecule has 1 aromatic heterocycles. The van der Waals surface area contributed by atoms with E-state index in [2.05, 4.69) is 63.9 Å². The predicted octanol–water partition coefficient (Wildman–Crippen LogP) is 8.77. The third-order valence-electron chi connectivity index (χ3n) is 18.7. The number of aromatic nitrogens is 1. The molecule has 0 unspecified atom stereocenters. The van der Waals surface area contributed by atoms with E-state index in [0.29, 0.717) is 51.0 Å². The molecule has 500 valence electrons. The number of hydrogen-bond donors (Lipinski definition) is 4. The molecular formula is C71H95N11O11. The summed E-state index contributed by atoms with van der Waals surface area (Å²) in [6, 6.07) is 21.7. The van der Waals surface area contributed by atoms with E-state index in [4.69, 9.17) is 31.1 Å². The number of ether oxygens (including phenoxy) is 2. The maximum Gasteiger partial charge on any atom is 0.422 e. The molecule has 7 N–H and O–H groups in total. The fraction of sp³-hybridized carbons (Fsp3) is 0.549. The van der Waals surface area contributed by atoms with Crippen molar-refractivity contribution >= 4 is 51.8 Å². The van der Waals surface area contributed by atoms with Crippen LogP contribution in [0.5, 0.6) is 5.75 Å². The summed E-state index contributed by atoms with van der Waals surface area (Å²) in [7, 11) is 4.76. The summed E-state index contributed by atoms with van der Waals surface area (Å²) in [6.45, 7) is 2.11. The van der Waals surface area contributed by atoms with Gasteiger partial charge >= 0.3 is 11.4 Å². The number of aryl methyl sites for hydroxylation is 1. The van der Waals surface area contributed by atoms with Crippen LogP contribution < -0.4 is 38.6 Å². The minimum Gasteiger partial charge on any atom is -0.484 e. The first-order valence-corrected chi connectivity index (χ1v) is 33.5. The topological polar surface area (TPSA) is 322 Å². The van der Waals surface area contributed by atoms with Crippen molar-refractivity contribution in [2.45, 2.75) is 171 Å². The number of anilines is 1. The van der Waals surface area contributed by atoms with Crippen LogP contribution in [0.2, 0.25) is 0 Å². The average Bonchev–Trinajstić information content (AvgIpc) is 0.851. The summed E-state index contributed by atoms with van der Waals surface area (Å²) >= 11 is 0. The van der Waals surface area contributed by atoms with Crippen LogP contribution in [0.15, 0.2) is 91.9 Å². The van der Waals surface area contributed by atoms with Gasteiger partial charge in [-0.25, -0.2) is 9.59 Å². The predicted molar refractivity (Wildman–Crippen MR) is 358 cm³/mol. The van der Waals surface area contributed by atoms with Gasteiger partial charge in [-0.15, -0.1) is 0 Å². The van der Waals surface area contributed by atoms with Crippen molar-refractivity contribution in [1.82, 2.24) is 19.3 Å². The summed E-state index contributed by atoms with van der Waals surface area (Å²) in [5, 5.41) is 7.18. The molecule has 0 radical (unpaired) electrons. The van der Waals surface area contributed by atoms with Crippen LogP contribution in [-0.2, 0) is 58.8 Å². The lowest BCUT2D eigenvalue weighted by molar-refractivity contribution is -0.144. The second kappa shape index (κ2) is 34.8. The molecule has 1 fully saturated rings. The maximum absolute atomic E-state index is 14.7. The Bertz CT molecular complexity index is 3420. The number of nitrogens with zero attached hydrogens (tertiary/aromatic N) is 7. The number of likely N-dealkylation sites (tertiary alicyclic amines) is 1. The first-order valence-electron chi connectivity index (χ1n) is 33.5. The van der Waals surface area contributed by atoms with Crippen molar-refractivity contribution in [3.63, 3.8) is 0 Å². The summed E-state index contributed by atoms with van der Waals surface area (Å²) in [4.78, 5) is 115. The molecule has 2 atom stereocenters. The molecule has 2 bridgehead atoms. The molecule has 22 nitrogen and oxygen atoms in total. The third kappa shape index (κ3) is 18.2. The number of ketones is 2. The Morgan fingerprint density at radius 3 is 1.80 bits per heavy atom. The molecule has 0 saturated carbocycles. The Balaban J connectivity index is 0.979. The first-order chi connectivity index (χ1) is 45.0. The molecule has 4 amide bonds. The maximum atomic E-state index is 14.7. The number of nitrogens with two attached hydrogens (primary N) is 3. The highest BCUT2D eigenvalue weighted by Gasteiger charge is 2.52. The van der Waals surface area contributed by atoms with Crippen LogP contribution in [-0.4, -0.2) is 140 Å². The van der Waals surface area contributed by atoms with Crippen LogP contribution in [0, 0.1) is 0 Å². The third-order valence-corrected chi connectivity index (χ3v) is 18.7. The number of rotatable bonds is 40. The number of unbranched alkanes of at least 4 members (excludes halogenated alkanes) is 12. The molecule has 4 aliphatic rings. The van der Waals surface area contributed by atoms with Crippen LogP contribution in [0.3, 0.4) is 0 Å². The van der Waals surface area contributed by atoms with Crippen molar-refractivity contribution < 1.29 is 42.7 Å². The Hall–Kier alpha value is -8.01. The standard InChI is InChI=1S/C71H95N11O11/c1-79(35-37-91-38-36-80(2)68(88)63-44-51(77-78-75)46-82(63)66(87)47-92-54-25-29-58-62(45-54)81(3)70(90)93-69(58)89)65(86)30-31-71-59-41-48(39-52(83)19-13-7-4-10-16-32-72)22-26-55(59)67(56-27-23-49(42-60(56)71)40-53(84)20-14-8-5-11-17-33-73)57-28-24-50(43-61(57)71)76-64(85)21-15-9-6-12-18-34-74/h22-29,41-43,45,51,63,67H,4-21,30-40,44,46-47,72-74H2,1-3H3,(H,76,85)/t51-,63-,67?,71?/m0/s1. The van der Waals surface area contributed by atoms with Crippen molar-refractivity contribution in [3.05, 3.63) is 149 Å². The summed E-state index contributed by atoms with van der Waals surface area (Å²) in [5.41, 5.74) is 33.7. The number of azide groups is 1. The zero-order chi connectivity index (χ0) is 66.4. The van der Waals surface area contributed by atoms with E-state index in [1.807, 2.05) is 6.07 Å². The van der Waals surface area contributed by atoms with Crippen LogP contribution in [0.4, 0.5) is 5.69 Å². The summed E-state index contributed by atoms with van der Waals surface area (Å²) in [6.07, 6.45) is 16.8. The highest BCUT2D eigenvalue weighted by atomic mass is 16.5. The molecule has 4 aromatic carbocycles. The van der Waals surface area contributed by atoms with Gasteiger partial charge in [0, 0.05) is 107 Å². The molecule has 5 aromatic rings. The largest absolute Gasteiger partial charge is 0.484 e. The van der Waals surface area contributed by atoms with Gasteiger partial charge in [0.2, 0.25) is 17.7 Å². The van der Waals surface area contributed by atoms with Crippen molar-refractivity contribution in [1.29, 1.82) is 0 Å². The number of carbonyl (C=O) groups excluding carboxylic acids is 6. The van der Waals surface area contributed by atoms with Crippen molar-refractivity contribution in [2.24, 2.45) is 29.4 Å². The second-order valence-corrected chi connectivity index (χ2v) is 25.4. The Labute approximate surface area is 544 Å². The van der Waals surface area contributed by atoms with Gasteiger partial charge < -0.3 is 51.1 Å². The number of carbonyl (C=O) groups is 6. The summed E-state index contributed by atoms with van der Waals surface area (Å²) in [5.74, 6) is -1.66. The monoisotopic (exact) mass is 1280 g/mol. The van der Waals surface area contributed by atoms with Crippen LogP contribution in [0.1, 0.15) is 185 Å². The van der Waals surface area contributed by atoms with Gasteiger partial charge in [-0.2, -0.15) is 0 Å². The molecular weight excluding hydrogens is 1180 g/mol. The Morgan fingerprint density at radius 1 is 0.677 bits per heavy atom. The van der Waals surface area contributed by atoms with Crippen molar-refractivity contribution in [3.8, 4) is 5.75 Å².